The number of amides is 2. The molecule has 7 nitrogen and oxygen atoms in total. The number of fused-ring (bicyclic) bond motifs is 1. The van der Waals surface area contributed by atoms with Gasteiger partial charge in [0.1, 0.15) is 6.54 Å². The van der Waals surface area contributed by atoms with Gasteiger partial charge in [-0.05, 0) is 18.2 Å². The molecule has 116 valence electrons. The molecule has 0 bridgehead atoms. The van der Waals surface area contributed by atoms with Crippen molar-refractivity contribution in [3.05, 3.63) is 30.1 Å². The van der Waals surface area contributed by atoms with Crippen molar-refractivity contribution >= 4 is 22.8 Å². The number of rotatable bonds is 4. The van der Waals surface area contributed by atoms with Crippen molar-refractivity contribution in [2.45, 2.75) is 0 Å². The molecule has 0 N–H and O–H groups in total. The SMILES string of the molecule is COCCN1CN(C(=O)c2ccc3c(c2)ncn3C)CC1=O. The summed E-state index contributed by atoms with van der Waals surface area (Å²) in [5, 5.41) is 0. The van der Waals surface area contributed by atoms with Crippen LogP contribution in [0.4, 0.5) is 0 Å². The Balaban J connectivity index is 1.76. The minimum absolute atomic E-state index is 0.0516. The van der Waals surface area contributed by atoms with Crippen molar-refractivity contribution < 1.29 is 14.3 Å². The van der Waals surface area contributed by atoms with E-state index in [0.29, 0.717) is 25.4 Å². The molecule has 1 saturated heterocycles. The predicted molar refractivity (Wildman–Crippen MR) is 80.2 cm³/mol. The summed E-state index contributed by atoms with van der Waals surface area (Å²) in [6, 6.07) is 5.41. The molecule has 0 saturated carbocycles. The minimum Gasteiger partial charge on any atom is -0.383 e. The molecule has 1 aromatic carbocycles. The zero-order valence-corrected chi connectivity index (χ0v) is 12.7. The third-order valence-corrected chi connectivity index (χ3v) is 3.85. The molecule has 1 fully saturated rings. The van der Waals surface area contributed by atoms with Crippen molar-refractivity contribution in [3.63, 3.8) is 0 Å². The monoisotopic (exact) mass is 302 g/mol. The van der Waals surface area contributed by atoms with Gasteiger partial charge < -0.3 is 19.1 Å². The Bertz CT molecular complexity index is 725. The van der Waals surface area contributed by atoms with Crippen molar-refractivity contribution in [2.75, 3.05) is 33.5 Å². The molecule has 1 aliphatic heterocycles. The van der Waals surface area contributed by atoms with Crippen molar-refractivity contribution in [3.8, 4) is 0 Å². The van der Waals surface area contributed by atoms with E-state index in [1.807, 2.05) is 17.7 Å². The first-order valence-electron chi connectivity index (χ1n) is 7.07. The standard InChI is InChI=1S/C15H18N4O3/c1-17-9-16-12-7-11(3-4-13(12)17)15(21)19-8-14(20)18(10-19)5-6-22-2/h3-4,7,9H,5-6,8,10H2,1-2H3. The molecule has 3 rings (SSSR count). The summed E-state index contributed by atoms with van der Waals surface area (Å²) in [6.07, 6.45) is 1.71. The quantitative estimate of drug-likeness (QED) is 0.823. The van der Waals surface area contributed by atoms with E-state index in [4.69, 9.17) is 4.74 Å². The molecule has 0 aliphatic carbocycles. The van der Waals surface area contributed by atoms with Gasteiger partial charge in [-0.25, -0.2) is 4.98 Å². The van der Waals surface area contributed by atoms with E-state index in [0.717, 1.165) is 11.0 Å². The maximum absolute atomic E-state index is 12.5. The Morgan fingerprint density at radius 1 is 1.41 bits per heavy atom. The van der Waals surface area contributed by atoms with E-state index in [9.17, 15) is 9.59 Å². The van der Waals surface area contributed by atoms with Gasteiger partial charge in [0.25, 0.3) is 5.91 Å². The van der Waals surface area contributed by atoms with Crippen LogP contribution in [0.2, 0.25) is 0 Å². The number of hydrogen-bond donors (Lipinski definition) is 0. The van der Waals surface area contributed by atoms with Gasteiger partial charge in [0.15, 0.2) is 0 Å². The predicted octanol–water partition coefficient (Wildman–Crippen LogP) is 0.462. The number of carbonyl (C=O) groups is 2. The number of ether oxygens (including phenoxy) is 1. The topological polar surface area (TPSA) is 67.7 Å². The Hall–Kier alpha value is -2.41. The van der Waals surface area contributed by atoms with Gasteiger partial charge in [0.05, 0.1) is 30.6 Å². The lowest BCUT2D eigenvalue weighted by Gasteiger charge is -2.17. The van der Waals surface area contributed by atoms with Gasteiger partial charge in [0.2, 0.25) is 5.91 Å². The highest BCUT2D eigenvalue weighted by Crippen LogP contribution is 2.17. The first-order chi connectivity index (χ1) is 10.6. The second-order valence-corrected chi connectivity index (χ2v) is 5.35. The van der Waals surface area contributed by atoms with Gasteiger partial charge in [-0.3, -0.25) is 9.59 Å². The number of benzene rings is 1. The third-order valence-electron chi connectivity index (χ3n) is 3.85. The molecule has 1 aliphatic rings. The summed E-state index contributed by atoms with van der Waals surface area (Å²) >= 11 is 0. The highest BCUT2D eigenvalue weighted by Gasteiger charge is 2.31. The molecule has 0 radical (unpaired) electrons. The maximum Gasteiger partial charge on any atom is 0.255 e. The first-order valence-corrected chi connectivity index (χ1v) is 7.07. The van der Waals surface area contributed by atoms with Gasteiger partial charge in [-0.15, -0.1) is 0 Å². The van der Waals surface area contributed by atoms with Crippen LogP contribution in [-0.4, -0.2) is 64.6 Å². The van der Waals surface area contributed by atoms with Crippen LogP contribution in [0.15, 0.2) is 24.5 Å². The summed E-state index contributed by atoms with van der Waals surface area (Å²) in [5.74, 6) is -0.204. The van der Waals surface area contributed by atoms with Gasteiger partial charge >= 0.3 is 0 Å². The zero-order chi connectivity index (χ0) is 15.7. The summed E-state index contributed by atoms with van der Waals surface area (Å²) in [7, 11) is 3.50. The van der Waals surface area contributed by atoms with E-state index in [1.54, 1.807) is 35.4 Å². The molecular weight excluding hydrogens is 284 g/mol. The normalized spacial score (nSPS) is 15.1. The number of hydrogen-bond acceptors (Lipinski definition) is 4. The van der Waals surface area contributed by atoms with Crippen LogP contribution >= 0.6 is 0 Å². The van der Waals surface area contributed by atoms with E-state index in [1.165, 1.54) is 0 Å². The summed E-state index contributed by atoms with van der Waals surface area (Å²) < 4.78 is 6.87. The Labute approximate surface area is 128 Å². The Morgan fingerprint density at radius 3 is 3.00 bits per heavy atom. The average Bonchev–Trinajstić information content (AvgIpc) is 3.08. The lowest BCUT2D eigenvalue weighted by molar-refractivity contribution is -0.127. The fourth-order valence-corrected chi connectivity index (χ4v) is 2.58. The number of imidazole rings is 1. The van der Waals surface area contributed by atoms with Crippen LogP contribution in [0.25, 0.3) is 11.0 Å². The van der Waals surface area contributed by atoms with E-state index < -0.39 is 0 Å². The second-order valence-electron chi connectivity index (χ2n) is 5.35. The smallest absolute Gasteiger partial charge is 0.255 e. The fraction of sp³-hybridized carbons (Fsp3) is 0.400. The van der Waals surface area contributed by atoms with Gasteiger partial charge in [0, 0.05) is 26.3 Å². The van der Waals surface area contributed by atoms with Crippen LogP contribution in [0.5, 0.6) is 0 Å². The summed E-state index contributed by atoms with van der Waals surface area (Å²) in [4.78, 5) is 31.9. The molecule has 0 unspecified atom stereocenters. The molecular formula is C15H18N4O3. The average molecular weight is 302 g/mol. The van der Waals surface area contributed by atoms with E-state index >= 15 is 0 Å². The summed E-state index contributed by atoms with van der Waals surface area (Å²) in [6.45, 7) is 1.39. The Morgan fingerprint density at radius 2 is 2.23 bits per heavy atom. The number of aryl methyl sites for hydroxylation is 1. The number of methoxy groups -OCH3 is 1. The van der Waals surface area contributed by atoms with Gasteiger partial charge in [-0.1, -0.05) is 0 Å². The number of nitrogens with zero attached hydrogens (tertiary/aromatic N) is 4. The minimum atomic E-state index is -0.152. The highest BCUT2D eigenvalue weighted by atomic mass is 16.5. The molecule has 2 aromatic rings. The molecule has 0 atom stereocenters. The summed E-state index contributed by atoms with van der Waals surface area (Å²) in [5.41, 5.74) is 2.29. The van der Waals surface area contributed by atoms with Crippen molar-refractivity contribution in [1.82, 2.24) is 19.4 Å². The molecule has 0 spiro atoms. The highest BCUT2D eigenvalue weighted by molar-refractivity contribution is 6.00. The van der Waals surface area contributed by atoms with E-state index in [2.05, 4.69) is 4.98 Å². The molecule has 1 aromatic heterocycles. The van der Waals surface area contributed by atoms with Crippen LogP contribution in [0.3, 0.4) is 0 Å². The molecule has 7 heteroatoms. The van der Waals surface area contributed by atoms with Crippen LogP contribution in [0.1, 0.15) is 10.4 Å². The number of aromatic nitrogens is 2. The number of carbonyl (C=O) groups excluding carboxylic acids is 2. The third kappa shape index (κ3) is 2.55. The van der Waals surface area contributed by atoms with Crippen molar-refractivity contribution in [1.29, 1.82) is 0 Å². The zero-order valence-electron chi connectivity index (χ0n) is 12.7. The Kier molecular flexibility index (Phi) is 3.81. The first kappa shape index (κ1) is 14.5. The van der Waals surface area contributed by atoms with Crippen LogP contribution in [-0.2, 0) is 16.6 Å². The van der Waals surface area contributed by atoms with E-state index in [-0.39, 0.29) is 18.4 Å². The fourth-order valence-electron chi connectivity index (χ4n) is 2.58. The van der Waals surface area contributed by atoms with Crippen LogP contribution in [0, 0.1) is 0 Å². The lowest BCUT2D eigenvalue weighted by Crippen LogP contribution is -2.32. The molecule has 2 heterocycles. The molecule has 22 heavy (non-hydrogen) atoms. The maximum atomic E-state index is 12.5. The second kappa shape index (κ2) is 5.76. The largest absolute Gasteiger partial charge is 0.383 e. The van der Waals surface area contributed by atoms with Crippen molar-refractivity contribution in [2.24, 2.45) is 7.05 Å². The molecule has 2 amide bonds. The lowest BCUT2D eigenvalue weighted by atomic mass is 10.2. The van der Waals surface area contributed by atoms with Gasteiger partial charge in [-0.2, -0.15) is 0 Å². The van der Waals surface area contributed by atoms with Crippen LogP contribution < -0.4 is 0 Å².